The Bertz CT molecular complexity index is 960. The minimum atomic E-state index is -0.149. The SMILES string of the molecule is O=C(Nc1ccc2c(c1)CNCCO2)c1cccc(NCc2ccccn2)c1. The maximum absolute atomic E-state index is 12.7. The van der Waals surface area contributed by atoms with Gasteiger partial charge in [-0.3, -0.25) is 9.78 Å². The molecule has 0 fully saturated rings. The fourth-order valence-electron chi connectivity index (χ4n) is 3.06. The van der Waals surface area contributed by atoms with Gasteiger partial charge in [-0.1, -0.05) is 12.1 Å². The summed E-state index contributed by atoms with van der Waals surface area (Å²) in [6.45, 7) is 2.79. The van der Waals surface area contributed by atoms with Crippen LogP contribution in [-0.2, 0) is 13.1 Å². The van der Waals surface area contributed by atoms with E-state index < -0.39 is 0 Å². The molecule has 0 aliphatic carbocycles. The molecule has 0 unspecified atom stereocenters. The quantitative estimate of drug-likeness (QED) is 0.638. The lowest BCUT2D eigenvalue weighted by Gasteiger charge is -2.11. The molecule has 2 aromatic carbocycles. The van der Waals surface area contributed by atoms with Crippen LogP contribution in [0.3, 0.4) is 0 Å². The summed E-state index contributed by atoms with van der Waals surface area (Å²) in [5.74, 6) is 0.715. The number of carbonyl (C=O) groups excluding carboxylic acids is 1. The Hall–Kier alpha value is -3.38. The molecule has 1 aliphatic heterocycles. The minimum absolute atomic E-state index is 0.149. The number of nitrogens with zero attached hydrogens (tertiary/aromatic N) is 1. The zero-order valence-electron chi connectivity index (χ0n) is 15.4. The van der Waals surface area contributed by atoms with Gasteiger partial charge in [-0.2, -0.15) is 0 Å². The molecule has 0 atom stereocenters. The number of amides is 1. The van der Waals surface area contributed by atoms with Crippen molar-refractivity contribution < 1.29 is 9.53 Å². The summed E-state index contributed by atoms with van der Waals surface area (Å²) in [7, 11) is 0. The van der Waals surface area contributed by atoms with Gasteiger partial charge in [0.1, 0.15) is 12.4 Å². The van der Waals surface area contributed by atoms with Crippen molar-refractivity contribution in [2.45, 2.75) is 13.1 Å². The average Bonchev–Trinajstić information content (AvgIpc) is 2.98. The van der Waals surface area contributed by atoms with E-state index in [1.165, 1.54) is 0 Å². The molecule has 1 aliphatic rings. The van der Waals surface area contributed by atoms with Crippen LogP contribution in [0.25, 0.3) is 0 Å². The monoisotopic (exact) mass is 374 g/mol. The highest BCUT2D eigenvalue weighted by atomic mass is 16.5. The molecule has 0 spiro atoms. The van der Waals surface area contributed by atoms with Crippen LogP contribution in [0.1, 0.15) is 21.6 Å². The van der Waals surface area contributed by atoms with Gasteiger partial charge in [0.2, 0.25) is 0 Å². The maximum atomic E-state index is 12.7. The van der Waals surface area contributed by atoms with Crippen LogP contribution >= 0.6 is 0 Å². The second kappa shape index (κ2) is 8.54. The fraction of sp³-hybridized carbons (Fsp3) is 0.182. The molecule has 6 heteroatoms. The first kappa shape index (κ1) is 18.0. The van der Waals surface area contributed by atoms with Gasteiger partial charge in [-0.15, -0.1) is 0 Å². The maximum Gasteiger partial charge on any atom is 0.255 e. The topological polar surface area (TPSA) is 75.3 Å². The molecule has 0 radical (unpaired) electrons. The zero-order chi connectivity index (χ0) is 19.2. The van der Waals surface area contributed by atoms with Gasteiger partial charge in [-0.05, 0) is 48.5 Å². The number of hydrogen-bond acceptors (Lipinski definition) is 5. The van der Waals surface area contributed by atoms with E-state index in [1.807, 2.05) is 54.6 Å². The summed E-state index contributed by atoms with van der Waals surface area (Å²) in [5.41, 5.74) is 4.20. The molecule has 3 N–H and O–H groups in total. The van der Waals surface area contributed by atoms with Crippen molar-refractivity contribution in [3.05, 3.63) is 83.7 Å². The number of hydrogen-bond donors (Lipinski definition) is 3. The molecule has 4 rings (SSSR count). The number of aromatic nitrogens is 1. The van der Waals surface area contributed by atoms with Gasteiger partial charge in [-0.25, -0.2) is 0 Å². The molecule has 28 heavy (non-hydrogen) atoms. The molecule has 1 aromatic heterocycles. The van der Waals surface area contributed by atoms with Crippen LogP contribution in [0.5, 0.6) is 5.75 Å². The predicted molar refractivity (Wildman–Crippen MR) is 110 cm³/mol. The third-order valence-corrected chi connectivity index (χ3v) is 4.49. The van der Waals surface area contributed by atoms with Gasteiger partial charge >= 0.3 is 0 Å². The van der Waals surface area contributed by atoms with Gasteiger partial charge in [0.15, 0.2) is 0 Å². The molecule has 142 valence electrons. The summed E-state index contributed by atoms with van der Waals surface area (Å²) in [6.07, 6.45) is 1.77. The van der Waals surface area contributed by atoms with Crippen LogP contribution in [-0.4, -0.2) is 24.0 Å². The van der Waals surface area contributed by atoms with E-state index in [0.29, 0.717) is 18.7 Å². The van der Waals surface area contributed by atoms with Gasteiger partial charge in [0.05, 0.1) is 12.2 Å². The summed E-state index contributed by atoms with van der Waals surface area (Å²) in [6, 6.07) is 19.0. The van der Waals surface area contributed by atoms with Crippen LogP contribution in [0, 0.1) is 0 Å². The van der Waals surface area contributed by atoms with Crippen molar-refractivity contribution in [3.63, 3.8) is 0 Å². The Kier molecular flexibility index (Phi) is 5.49. The molecule has 2 heterocycles. The lowest BCUT2D eigenvalue weighted by Crippen LogP contribution is -2.16. The third kappa shape index (κ3) is 4.47. The van der Waals surface area contributed by atoms with Crippen LogP contribution < -0.4 is 20.7 Å². The van der Waals surface area contributed by atoms with Crippen molar-refractivity contribution >= 4 is 17.3 Å². The predicted octanol–water partition coefficient (Wildman–Crippen LogP) is 3.43. The molecular formula is C22H22N4O2. The van der Waals surface area contributed by atoms with Crippen LogP contribution in [0.15, 0.2) is 66.9 Å². The summed E-state index contributed by atoms with van der Waals surface area (Å²) >= 11 is 0. The minimum Gasteiger partial charge on any atom is -0.492 e. The second-order valence-corrected chi connectivity index (χ2v) is 6.56. The number of benzene rings is 2. The van der Waals surface area contributed by atoms with Crippen LogP contribution in [0.4, 0.5) is 11.4 Å². The number of anilines is 2. The number of ether oxygens (including phenoxy) is 1. The standard InChI is InChI=1S/C22H22N4O2/c27-22(26-19-7-8-21-17(13-19)14-23-10-11-28-21)16-4-3-6-18(12-16)25-15-20-5-1-2-9-24-20/h1-9,12-13,23,25H,10-11,14-15H2,(H,26,27). The summed E-state index contributed by atoms with van der Waals surface area (Å²) in [5, 5.41) is 9.57. The van der Waals surface area contributed by atoms with E-state index in [1.54, 1.807) is 12.3 Å². The third-order valence-electron chi connectivity index (χ3n) is 4.49. The highest BCUT2D eigenvalue weighted by Crippen LogP contribution is 2.24. The Morgan fingerprint density at radius 1 is 1.07 bits per heavy atom. The molecule has 0 saturated carbocycles. The normalized spacial score (nSPS) is 13.0. The van der Waals surface area contributed by atoms with E-state index in [2.05, 4.69) is 20.9 Å². The lowest BCUT2D eigenvalue weighted by molar-refractivity contribution is 0.102. The first-order valence-electron chi connectivity index (χ1n) is 9.29. The van der Waals surface area contributed by atoms with Gasteiger partial charge < -0.3 is 20.7 Å². The highest BCUT2D eigenvalue weighted by Gasteiger charge is 2.12. The largest absolute Gasteiger partial charge is 0.492 e. The van der Waals surface area contributed by atoms with Gasteiger partial charge in [0.25, 0.3) is 5.91 Å². The fourth-order valence-corrected chi connectivity index (χ4v) is 3.06. The molecule has 0 bridgehead atoms. The highest BCUT2D eigenvalue weighted by molar-refractivity contribution is 6.04. The van der Waals surface area contributed by atoms with Crippen molar-refractivity contribution in [2.75, 3.05) is 23.8 Å². The lowest BCUT2D eigenvalue weighted by atomic mass is 10.1. The van der Waals surface area contributed by atoms with Crippen molar-refractivity contribution in [3.8, 4) is 5.75 Å². The first-order valence-corrected chi connectivity index (χ1v) is 9.29. The molecule has 6 nitrogen and oxygen atoms in total. The van der Waals surface area contributed by atoms with Crippen molar-refractivity contribution in [1.29, 1.82) is 0 Å². The second-order valence-electron chi connectivity index (χ2n) is 6.56. The number of rotatable bonds is 5. The zero-order valence-corrected chi connectivity index (χ0v) is 15.4. The number of pyridine rings is 1. The number of nitrogens with one attached hydrogen (secondary N) is 3. The molecular weight excluding hydrogens is 352 g/mol. The van der Waals surface area contributed by atoms with Crippen molar-refractivity contribution in [1.82, 2.24) is 10.3 Å². The Morgan fingerprint density at radius 3 is 2.93 bits per heavy atom. The number of carbonyl (C=O) groups is 1. The van der Waals surface area contributed by atoms with Gasteiger partial charge in [0, 0.05) is 41.8 Å². The van der Waals surface area contributed by atoms with E-state index >= 15 is 0 Å². The molecule has 0 saturated heterocycles. The Labute approximate surface area is 164 Å². The Morgan fingerprint density at radius 2 is 2.04 bits per heavy atom. The smallest absolute Gasteiger partial charge is 0.255 e. The first-order chi connectivity index (χ1) is 13.8. The summed E-state index contributed by atoms with van der Waals surface area (Å²) < 4.78 is 5.68. The summed E-state index contributed by atoms with van der Waals surface area (Å²) in [4.78, 5) is 17.0. The van der Waals surface area contributed by atoms with E-state index in [4.69, 9.17) is 4.74 Å². The van der Waals surface area contributed by atoms with Crippen molar-refractivity contribution in [2.24, 2.45) is 0 Å². The van der Waals surface area contributed by atoms with E-state index in [-0.39, 0.29) is 5.91 Å². The van der Waals surface area contributed by atoms with Crippen LogP contribution in [0.2, 0.25) is 0 Å². The number of fused-ring (bicyclic) bond motifs is 1. The van der Waals surface area contributed by atoms with E-state index in [0.717, 1.165) is 41.5 Å². The van der Waals surface area contributed by atoms with E-state index in [9.17, 15) is 4.79 Å². The Balaban J connectivity index is 1.43. The average molecular weight is 374 g/mol. The molecule has 1 amide bonds. The molecule has 3 aromatic rings.